The number of pyridine rings is 1. The summed E-state index contributed by atoms with van der Waals surface area (Å²) in [7, 11) is 0. The van der Waals surface area contributed by atoms with Crippen molar-refractivity contribution >= 4 is 40.2 Å². The highest BCUT2D eigenvalue weighted by Crippen LogP contribution is 2.31. The molecule has 2 heterocycles. The normalized spacial score (nSPS) is 10.6. The Morgan fingerprint density at radius 2 is 1.77 bits per heavy atom. The first kappa shape index (κ1) is 20.2. The lowest BCUT2D eigenvalue weighted by molar-refractivity contribution is 0.0690. The Balaban J connectivity index is 1.71. The molecule has 0 spiro atoms. The number of amides is 1. The zero-order valence-electron chi connectivity index (χ0n) is 15.5. The molecule has 8 nitrogen and oxygen atoms in total. The largest absolute Gasteiger partial charge is 0.477 e. The van der Waals surface area contributed by atoms with Gasteiger partial charge in [-0.05, 0) is 42.5 Å². The zero-order valence-corrected chi connectivity index (χ0v) is 16.3. The summed E-state index contributed by atoms with van der Waals surface area (Å²) in [4.78, 5) is 36.2. The van der Waals surface area contributed by atoms with Crippen LogP contribution in [0.3, 0.4) is 0 Å². The Bertz CT molecular complexity index is 1310. The number of ether oxygens (including phenoxy) is 1. The van der Waals surface area contributed by atoms with Crippen LogP contribution in [-0.4, -0.2) is 31.9 Å². The van der Waals surface area contributed by atoms with Crippen molar-refractivity contribution in [2.24, 2.45) is 0 Å². The van der Waals surface area contributed by atoms with E-state index in [2.05, 4.69) is 20.3 Å². The fourth-order valence-electron chi connectivity index (χ4n) is 2.65. The number of hydrogen-bond donors (Lipinski definition) is 2. The van der Waals surface area contributed by atoms with E-state index < -0.39 is 17.7 Å². The van der Waals surface area contributed by atoms with Crippen molar-refractivity contribution in [2.45, 2.75) is 0 Å². The van der Waals surface area contributed by atoms with E-state index >= 15 is 0 Å². The van der Waals surface area contributed by atoms with Crippen molar-refractivity contribution in [3.05, 3.63) is 83.0 Å². The van der Waals surface area contributed by atoms with E-state index in [1.165, 1.54) is 24.4 Å². The fraction of sp³-hybridized carbons (Fsp3) is 0. The van der Waals surface area contributed by atoms with Gasteiger partial charge in [-0.15, -0.1) is 0 Å². The number of nitrogens with one attached hydrogen (secondary N) is 1. The number of halogens is 2. The lowest BCUT2D eigenvalue weighted by Gasteiger charge is -2.12. The molecule has 31 heavy (non-hydrogen) atoms. The molecule has 154 valence electrons. The monoisotopic (exact) mass is 438 g/mol. The smallest absolute Gasteiger partial charge is 0.354 e. The van der Waals surface area contributed by atoms with Crippen LogP contribution >= 0.6 is 11.6 Å². The molecular weight excluding hydrogens is 427 g/mol. The SMILES string of the molecule is O=C(O)c1ccc(NC(=O)c2nc3ccccc3nc2Oc2ccc(F)cc2Cl)cn1. The summed E-state index contributed by atoms with van der Waals surface area (Å²) in [6.07, 6.45) is 1.20. The second kappa shape index (κ2) is 8.33. The number of carbonyl (C=O) groups excluding carboxylic acids is 1. The summed E-state index contributed by atoms with van der Waals surface area (Å²) in [5.74, 6) is -2.45. The van der Waals surface area contributed by atoms with Crippen LogP contribution in [0.25, 0.3) is 11.0 Å². The highest BCUT2D eigenvalue weighted by molar-refractivity contribution is 6.32. The number of aromatic nitrogens is 3. The highest BCUT2D eigenvalue weighted by Gasteiger charge is 2.20. The Hall–Kier alpha value is -4.11. The molecule has 2 aromatic carbocycles. The molecule has 10 heteroatoms. The molecule has 0 aliphatic heterocycles. The number of fused-ring (bicyclic) bond motifs is 1. The number of anilines is 1. The summed E-state index contributed by atoms with van der Waals surface area (Å²) in [6, 6.07) is 13.0. The van der Waals surface area contributed by atoms with Crippen molar-refractivity contribution in [3.8, 4) is 11.6 Å². The van der Waals surface area contributed by atoms with Crippen molar-refractivity contribution in [1.82, 2.24) is 15.0 Å². The van der Waals surface area contributed by atoms with E-state index in [4.69, 9.17) is 21.4 Å². The lowest BCUT2D eigenvalue weighted by Crippen LogP contribution is -2.16. The van der Waals surface area contributed by atoms with Gasteiger partial charge in [0.1, 0.15) is 17.3 Å². The molecule has 0 radical (unpaired) electrons. The number of benzene rings is 2. The second-order valence-corrected chi connectivity index (χ2v) is 6.64. The minimum Gasteiger partial charge on any atom is -0.477 e. The molecular formula is C21H12ClFN4O4. The number of hydrogen-bond acceptors (Lipinski definition) is 6. The molecule has 2 N–H and O–H groups in total. The Kier molecular flexibility index (Phi) is 5.42. The quantitative estimate of drug-likeness (QED) is 0.469. The van der Waals surface area contributed by atoms with Gasteiger partial charge in [-0.1, -0.05) is 23.7 Å². The molecule has 0 bridgehead atoms. The van der Waals surface area contributed by atoms with E-state index in [0.29, 0.717) is 11.0 Å². The van der Waals surface area contributed by atoms with Gasteiger partial charge in [0.25, 0.3) is 11.8 Å². The minimum atomic E-state index is -1.19. The van der Waals surface area contributed by atoms with E-state index in [1.807, 2.05) is 0 Å². The van der Waals surface area contributed by atoms with Crippen molar-refractivity contribution in [2.75, 3.05) is 5.32 Å². The van der Waals surface area contributed by atoms with Crippen LogP contribution in [0.5, 0.6) is 11.6 Å². The summed E-state index contributed by atoms with van der Waals surface area (Å²) >= 11 is 6.03. The summed E-state index contributed by atoms with van der Waals surface area (Å²) in [5.41, 5.74) is 0.847. The third-order valence-corrected chi connectivity index (χ3v) is 4.39. The van der Waals surface area contributed by atoms with Crippen LogP contribution in [0.15, 0.2) is 60.8 Å². The van der Waals surface area contributed by atoms with Crippen LogP contribution in [0.1, 0.15) is 21.0 Å². The lowest BCUT2D eigenvalue weighted by atomic mass is 10.2. The fourth-order valence-corrected chi connectivity index (χ4v) is 2.86. The van der Waals surface area contributed by atoms with Crippen LogP contribution in [0, 0.1) is 5.82 Å². The average Bonchev–Trinajstić information content (AvgIpc) is 2.75. The van der Waals surface area contributed by atoms with Gasteiger partial charge in [0, 0.05) is 0 Å². The van der Waals surface area contributed by atoms with E-state index in [1.54, 1.807) is 24.3 Å². The predicted octanol–water partition coefficient (Wildman–Crippen LogP) is 4.56. The van der Waals surface area contributed by atoms with E-state index in [-0.39, 0.29) is 33.7 Å². The maximum absolute atomic E-state index is 13.3. The van der Waals surface area contributed by atoms with Gasteiger partial charge in [0.15, 0.2) is 5.69 Å². The predicted molar refractivity (Wildman–Crippen MR) is 110 cm³/mol. The minimum absolute atomic E-state index is 0.00484. The van der Waals surface area contributed by atoms with Crippen LogP contribution in [-0.2, 0) is 0 Å². The molecule has 0 atom stereocenters. The number of para-hydroxylation sites is 2. The Labute approximate surface area is 179 Å². The first-order valence-corrected chi connectivity index (χ1v) is 9.19. The maximum Gasteiger partial charge on any atom is 0.354 e. The topological polar surface area (TPSA) is 114 Å². The van der Waals surface area contributed by atoms with Crippen molar-refractivity contribution < 1.29 is 23.8 Å². The van der Waals surface area contributed by atoms with E-state index in [9.17, 15) is 14.0 Å². The first-order chi connectivity index (χ1) is 14.9. The highest BCUT2D eigenvalue weighted by atomic mass is 35.5. The molecule has 0 saturated heterocycles. The van der Waals surface area contributed by atoms with Gasteiger partial charge < -0.3 is 15.2 Å². The molecule has 0 aliphatic carbocycles. The Morgan fingerprint density at radius 1 is 1.03 bits per heavy atom. The van der Waals surface area contributed by atoms with Gasteiger partial charge in [0.05, 0.1) is 27.9 Å². The number of rotatable bonds is 5. The first-order valence-electron chi connectivity index (χ1n) is 8.81. The number of carbonyl (C=O) groups is 2. The van der Waals surface area contributed by atoms with E-state index in [0.717, 1.165) is 12.1 Å². The van der Waals surface area contributed by atoms with Crippen molar-refractivity contribution in [1.29, 1.82) is 0 Å². The van der Waals surface area contributed by atoms with Crippen molar-refractivity contribution in [3.63, 3.8) is 0 Å². The van der Waals surface area contributed by atoms with Crippen LogP contribution in [0.4, 0.5) is 10.1 Å². The third kappa shape index (κ3) is 4.41. The van der Waals surface area contributed by atoms with Gasteiger partial charge in [0.2, 0.25) is 0 Å². The molecule has 1 amide bonds. The van der Waals surface area contributed by atoms with Gasteiger partial charge in [-0.2, -0.15) is 0 Å². The molecule has 0 saturated carbocycles. The number of nitrogens with zero attached hydrogens (tertiary/aromatic N) is 3. The number of carboxylic acid groups (broad SMARTS) is 1. The molecule has 4 aromatic rings. The molecule has 2 aromatic heterocycles. The average molecular weight is 439 g/mol. The second-order valence-electron chi connectivity index (χ2n) is 6.23. The summed E-state index contributed by atoms with van der Waals surface area (Å²) < 4.78 is 19.0. The number of aromatic carboxylic acids is 1. The van der Waals surface area contributed by atoms with Crippen LogP contribution < -0.4 is 10.1 Å². The Morgan fingerprint density at radius 3 is 2.42 bits per heavy atom. The maximum atomic E-state index is 13.3. The molecule has 0 unspecified atom stereocenters. The van der Waals surface area contributed by atoms with Gasteiger partial charge >= 0.3 is 5.97 Å². The molecule has 0 fully saturated rings. The third-order valence-electron chi connectivity index (χ3n) is 4.09. The summed E-state index contributed by atoms with van der Waals surface area (Å²) in [5, 5.41) is 11.5. The number of carboxylic acids is 1. The summed E-state index contributed by atoms with van der Waals surface area (Å²) in [6.45, 7) is 0. The van der Waals surface area contributed by atoms with Gasteiger partial charge in [-0.25, -0.2) is 24.1 Å². The molecule has 0 aliphatic rings. The standard InChI is InChI=1S/C21H12ClFN4O4/c22-13-9-11(23)5-8-17(13)31-20-18(26-14-3-1-2-4-15(14)27-20)19(28)25-12-6-7-16(21(29)30)24-10-12/h1-10H,(H,25,28)(H,29,30). The van der Waals surface area contributed by atoms with Crippen LogP contribution in [0.2, 0.25) is 5.02 Å². The molecule has 4 rings (SSSR count). The van der Waals surface area contributed by atoms with Gasteiger partial charge in [-0.3, -0.25) is 4.79 Å². The zero-order chi connectivity index (χ0) is 22.0.